The lowest BCUT2D eigenvalue weighted by Crippen LogP contribution is -2.30. The van der Waals surface area contributed by atoms with Crippen molar-refractivity contribution in [3.63, 3.8) is 0 Å². The molecule has 0 radical (unpaired) electrons. The number of fused-ring (bicyclic) bond motifs is 1. The van der Waals surface area contributed by atoms with E-state index in [0.29, 0.717) is 23.5 Å². The van der Waals surface area contributed by atoms with Gasteiger partial charge in [0.05, 0.1) is 18.6 Å². The van der Waals surface area contributed by atoms with Gasteiger partial charge in [0.1, 0.15) is 5.82 Å². The van der Waals surface area contributed by atoms with Gasteiger partial charge in [-0.15, -0.1) is 0 Å². The summed E-state index contributed by atoms with van der Waals surface area (Å²) in [6, 6.07) is 2.16. The first kappa shape index (κ1) is 15.3. The highest BCUT2D eigenvalue weighted by atomic mass is 19.1. The van der Waals surface area contributed by atoms with E-state index in [1.54, 1.807) is 12.5 Å². The van der Waals surface area contributed by atoms with Crippen molar-refractivity contribution in [3.05, 3.63) is 42.2 Å². The fraction of sp³-hybridized carbons (Fsp3) is 0.333. The molecule has 8 heteroatoms. The van der Waals surface area contributed by atoms with Crippen LogP contribution in [0.15, 0.2) is 30.9 Å². The molecule has 2 amide bonds. The fourth-order valence-corrected chi connectivity index (χ4v) is 2.32. The second kappa shape index (κ2) is 7.10. The van der Waals surface area contributed by atoms with E-state index in [2.05, 4.69) is 15.6 Å². The van der Waals surface area contributed by atoms with Crippen LogP contribution in [0.4, 0.5) is 14.9 Å². The number of anilines is 1. The lowest BCUT2D eigenvalue weighted by molar-refractivity contribution is -0.0160. The highest BCUT2D eigenvalue weighted by Crippen LogP contribution is 2.33. The average molecular weight is 320 g/mol. The smallest absolute Gasteiger partial charge is 0.319 e. The van der Waals surface area contributed by atoms with Gasteiger partial charge >= 0.3 is 6.03 Å². The van der Waals surface area contributed by atoms with Crippen molar-refractivity contribution in [3.8, 4) is 5.75 Å². The van der Waals surface area contributed by atoms with Crippen molar-refractivity contribution in [2.75, 3.05) is 18.7 Å². The lowest BCUT2D eigenvalue weighted by atomic mass is 10.1. The number of rotatable bonds is 5. The Morgan fingerprint density at radius 1 is 1.43 bits per heavy atom. The van der Waals surface area contributed by atoms with E-state index < -0.39 is 11.8 Å². The van der Waals surface area contributed by atoms with Crippen LogP contribution in [0, 0.1) is 5.82 Å². The number of urea groups is 1. The number of halogens is 1. The first-order valence-corrected chi connectivity index (χ1v) is 7.26. The Kier molecular flexibility index (Phi) is 4.72. The van der Waals surface area contributed by atoms with Crippen LogP contribution in [-0.2, 0) is 17.9 Å². The van der Waals surface area contributed by atoms with Crippen LogP contribution in [0.5, 0.6) is 5.75 Å². The van der Waals surface area contributed by atoms with Gasteiger partial charge in [0.15, 0.2) is 12.5 Å². The minimum Gasteiger partial charge on any atom is -0.465 e. The molecule has 0 saturated carbocycles. The molecule has 1 aliphatic rings. The number of amides is 2. The van der Waals surface area contributed by atoms with Crippen LogP contribution in [0.3, 0.4) is 0 Å². The van der Waals surface area contributed by atoms with Crippen LogP contribution in [-0.4, -0.2) is 28.9 Å². The number of ether oxygens (including phenoxy) is 2. The quantitative estimate of drug-likeness (QED) is 0.827. The summed E-state index contributed by atoms with van der Waals surface area (Å²) in [4.78, 5) is 15.9. The standard InChI is InChI=1S/C15H17FN4O3/c16-12-6-11-8-22-10-23-14(11)13(7-12)19-15(21)18-2-1-4-20-5-3-17-9-20/h3,5-7,9H,1-2,4,8,10H2,(H2,18,19,21). The zero-order chi connectivity index (χ0) is 16.1. The summed E-state index contributed by atoms with van der Waals surface area (Å²) in [5.41, 5.74) is 0.877. The molecule has 122 valence electrons. The number of nitrogens with zero attached hydrogens (tertiary/aromatic N) is 2. The Balaban J connectivity index is 1.52. The van der Waals surface area contributed by atoms with Gasteiger partial charge in [-0.1, -0.05) is 0 Å². The molecule has 1 aliphatic heterocycles. The van der Waals surface area contributed by atoms with Crippen molar-refractivity contribution >= 4 is 11.7 Å². The zero-order valence-electron chi connectivity index (χ0n) is 12.4. The second-order valence-electron chi connectivity index (χ2n) is 5.09. The van der Waals surface area contributed by atoms with E-state index in [0.717, 1.165) is 13.0 Å². The molecule has 2 heterocycles. The molecule has 2 aromatic rings. The van der Waals surface area contributed by atoms with Gasteiger partial charge in [-0.3, -0.25) is 0 Å². The summed E-state index contributed by atoms with van der Waals surface area (Å²) in [6.07, 6.45) is 6.04. The number of hydrogen-bond donors (Lipinski definition) is 2. The molecule has 1 aromatic carbocycles. The highest BCUT2D eigenvalue weighted by Gasteiger charge is 2.18. The van der Waals surface area contributed by atoms with Gasteiger partial charge < -0.3 is 24.7 Å². The fourth-order valence-electron chi connectivity index (χ4n) is 2.32. The van der Waals surface area contributed by atoms with Crippen LogP contribution in [0.25, 0.3) is 0 Å². The Morgan fingerprint density at radius 2 is 2.35 bits per heavy atom. The van der Waals surface area contributed by atoms with Crippen molar-refractivity contribution in [1.82, 2.24) is 14.9 Å². The molecular formula is C15H17FN4O3. The molecule has 1 aromatic heterocycles. The number of benzene rings is 1. The van der Waals surface area contributed by atoms with Crippen LogP contribution in [0.2, 0.25) is 0 Å². The number of imidazole rings is 1. The molecule has 0 saturated heterocycles. The Hall–Kier alpha value is -2.61. The maximum Gasteiger partial charge on any atom is 0.319 e. The number of nitrogens with one attached hydrogen (secondary N) is 2. The average Bonchev–Trinajstić information content (AvgIpc) is 3.05. The van der Waals surface area contributed by atoms with E-state index in [-0.39, 0.29) is 13.4 Å². The molecule has 23 heavy (non-hydrogen) atoms. The third-order valence-electron chi connectivity index (χ3n) is 3.36. The summed E-state index contributed by atoms with van der Waals surface area (Å²) in [5.74, 6) is -0.000488. The molecule has 0 bridgehead atoms. The Labute approximate surface area is 132 Å². The number of carbonyl (C=O) groups excluding carboxylic acids is 1. The Morgan fingerprint density at radius 3 is 3.17 bits per heavy atom. The minimum atomic E-state index is -0.451. The second-order valence-corrected chi connectivity index (χ2v) is 5.09. The lowest BCUT2D eigenvalue weighted by Gasteiger charge is -2.21. The molecular weight excluding hydrogens is 303 g/mol. The van der Waals surface area contributed by atoms with Gasteiger partial charge in [0, 0.05) is 37.1 Å². The van der Waals surface area contributed by atoms with Gasteiger partial charge in [-0.05, 0) is 12.5 Å². The maximum absolute atomic E-state index is 13.6. The first-order valence-electron chi connectivity index (χ1n) is 7.26. The van der Waals surface area contributed by atoms with E-state index in [1.807, 2.05) is 10.8 Å². The first-order chi connectivity index (χ1) is 11.2. The topological polar surface area (TPSA) is 77.4 Å². The third kappa shape index (κ3) is 3.98. The van der Waals surface area contributed by atoms with E-state index >= 15 is 0 Å². The van der Waals surface area contributed by atoms with Crippen molar-refractivity contribution < 1.29 is 18.7 Å². The molecule has 7 nitrogen and oxygen atoms in total. The summed E-state index contributed by atoms with van der Waals surface area (Å²) >= 11 is 0. The molecule has 0 atom stereocenters. The molecule has 2 N–H and O–H groups in total. The summed E-state index contributed by atoms with van der Waals surface area (Å²) in [7, 11) is 0. The minimum absolute atomic E-state index is 0.0832. The largest absolute Gasteiger partial charge is 0.465 e. The van der Waals surface area contributed by atoms with Crippen LogP contribution >= 0.6 is 0 Å². The molecule has 3 rings (SSSR count). The molecule has 0 aliphatic carbocycles. The van der Waals surface area contributed by atoms with Gasteiger partial charge in [0.2, 0.25) is 0 Å². The maximum atomic E-state index is 13.6. The van der Waals surface area contributed by atoms with Crippen molar-refractivity contribution in [1.29, 1.82) is 0 Å². The highest BCUT2D eigenvalue weighted by molar-refractivity contribution is 5.91. The van der Waals surface area contributed by atoms with Crippen LogP contribution in [0.1, 0.15) is 12.0 Å². The normalized spacial score (nSPS) is 13.1. The number of hydrogen-bond acceptors (Lipinski definition) is 4. The summed E-state index contributed by atoms with van der Waals surface area (Å²) in [5, 5.41) is 5.34. The summed E-state index contributed by atoms with van der Waals surface area (Å²) in [6.45, 7) is 1.59. The van der Waals surface area contributed by atoms with Gasteiger partial charge in [0.25, 0.3) is 0 Å². The molecule has 0 unspecified atom stereocenters. The number of aryl methyl sites for hydroxylation is 1. The number of aromatic nitrogens is 2. The van der Waals surface area contributed by atoms with E-state index in [1.165, 1.54) is 12.1 Å². The van der Waals surface area contributed by atoms with Crippen molar-refractivity contribution in [2.45, 2.75) is 19.6 Å². The molecule has 0 spiro atoms. The predicted octanol–water partition coefficient (Wildman–Crippen LogP) is 2.10. The van der Waals surface area contributed by atoms with E-state index in [4.69, 9.17) is 9.47 Å². The van der Waals surface area contributed by atoms with Gasteiger partial charge in [-0.25, -0.2) is 14.2 Å². The SMILES string of the molecule is O=C(NCCCn1ccnc1)Nc1cc(F)cc2c1OCOC2. The van der Waals surface area contributed by atoms with Crippen molar-refractivity contribution in [2.24, 2.45) is 0 Å². The molecule has 0 fully saturated rings. The van der Waals surface area contributed by atoms with E-state index in [9.17, 15) is 9.18 Å². The monoisotopic (exact) mass is 320 g/mol. The summed E-state index contributed by atoms with van der Waals surface area (Å²) < 4.78 is 25.9. The van der Waals surface area contributed by atoms with Crippen LogP contribution < -0.4 is 15.4 Å². The third-order valence-corrected chi connectivity index (χ3v) is 3.36. The number of carbonyl (C=O) groups is 1. The van der Waals surface area contributed by atoms with Gasteiger partial charge in [-0.2, -0.15) is 0 Å². The Bertz CT molecular complexity index is 676. The zero-order valence-corrected chi connectivity index (χ0v) is 12.4. The predicted molar refractivity (Wildman–Crippen MR) is 80.5 cm³/mol.